The fourth-order valence-corrected chi connectivity index (χ4v) is 4.99. The van der Waals surface area contributed by atoms with Crippen molar-refractivity contribution in [3.05, 3.63) is 62.0 Å². The third kappa shape index (κ3) is 4.13. The van der Waals surface area contributed by atoms with Gasteiger partial charge in [-0.25, -0.2) is 4.98 Å². The predicted octanol–water partition coefficient (Wildman–Crippen LogP) is 3.74. The molecular formula is C21H22ClN3O2S. The van der Waals surface area contributed by atoms with Gasteiger partial charge in [0.1, 0.15) is 4.83 Å². The lowest BCUT2D eigenvalue weighted by molar-refractivity contribution is -0.121. The van der Waals surface area contributed by atoms with Gasteiger partial charge < -0.3 is 5.32 Å². The average Bonchev–Trinajstić information content (AvgIpc) is 3.08. The Hall–Kier alpha value is -2.18. The summed E-state index contributed by atoms with van der Waals surface area (Å²) in [5, 5.41) is 4.39. The van der Waals surface area contributed by atoms with Crippen LogP contribution in [0.4, 0.5) is 0 Å². The summed E-state index contributed by atoms with van der Waals surface area (Å²) in [5.74, 6) is -0.0618. The van der Waals surface area contributed by atoms with E-state index in [1.54, 1.807) is 22.2 Å². The smallest absolute Gasteiger partial charge is 0.262 e. The molecule has 1 N–H and O–H groups in total. The molecule has 0 atom stereocenters. The van der Waals surface area contributed by atoms with E-state index in [-0.39, 0.29) is 17.9 Å². The lowest BCUT2D eigenvalue weighted by Gasteiger charge is -2.10. The average molecular weight is 416 g/mol. The van der Waals surface area contributed by atoms with Gasteiger partial charge in [-0.05, 0) is 55.4 Å². The maximum absolute atomic E-state index is 12.9. The van der Waals surface area contributed by atoms with Gasteiger partial charge in [0, 0.05) is 29.4 Å². The number of fused-ring (bicyclic) bond motifs is 3. The molecule has 7 heteroatoms. The minimum atomic E-state index is -0.0618. The Kier molecular flexibility index (Phi) is 5.78. The van der Waals surface area contributed by atoms with Crippen molar-refractivity contribution < 1.29 is 4.79 Å². The standard InChI is InChI=1S/C21H22ClN3O2S/c22-15-7-5-14(6-8-15)9-11-23-18(26)10-12-25-13-24-20-19(21(25)27)16-3-1-2-4-17(16)28-20/h5-8,13H,1-4,9-12H2,(H,23,26). The highest BCUT2D eigenvalue weighted by Crippen LogP contribution is 2.33. The molecule has 0 saturated carbocycles. The number of carbonyl (C=O) groups is 1. The molecule has 0 unspecified atom stereocenters. The number of aryl methyl sites for hydroxylation is 3. The second-order valence-electron chi connectivity index (χ2n) is 7.11. The molecule has 2 heterocycles. The quantitative estimate of drug-likeness (QED) is 0.667. The van der Waals surface area contributed by atoms with Crippen LogP contribution < -0.4 is 10.9 Å². The maximum Gasteiger partial charge on any atom is 0.262 e. The molecule has 3 aromatic rings. The van der Waals surface area contributed by atoms with Gasteiger partial charge in [-0.15, -0.1) is 11.3 Å². The second-order valence-corrected chi connectivity index (χ2v) is 8.63. The number of thiophene rings is 1. The number of amides is 1. The molecule has 1 aromatic carbocycles. The summed E-state index contributed by atoms with van der Waals surface area (Å²) in [7, 11) is 0. The zero-order chi connectivity index (χ0) is 19.5. The van der Waals surface area contributed by atoms with Gasteiger partial charge in [-0.3, -0.25) is 14.2 Å². The van der Waals surface area contributed by atoms with Crippen LogP contribution in [-0.4, -0.2) is 22.0 Å². The molecule has 4 rings (SSSR count). The zero-order valence-corrected chi connectivity index (χ0v) is 17.1. The van der Waals surface area contributed by atoms with Gasteiger partial charge >= 0.3 is 0 Å². The van der Waals surface area contributed by atoms with E-state index in [4.69, 9.17) is 11.6 Å². The maximum atomic E-state index is 12.9. The van der Waals surface area contributed by atoms with Crippen molar-refractivity contribution in [1.29, 1.82) is 0 Å². The van der Waals surface area contributed by atoms with Gasteiger partial charge in [0.25, 0.3) is 5.56 Å². The van der Waals surface area contributed by atoms with Crippen molar-refractivity contribution in [2.45, 2.75) is 45.1 Å². The Balaban J connectivity index is 1.36. The van der Waals surface area contributed by atoms with Crippen LogP contribution in [0.25, 0.3) is 10.2 Å². The molecule has 5 nitrogen and oxygen atoms in total. The van der Waals surface area contributed by atoms with E-state index in [0.717, 1.165) is 41.5 Å². The number of carbonyl (C=O) groups excluding carboxylic acids is 1. The summed E-state index contributed by atoms with van der Waals surface area (Å²) in [6, 6.07) is 7.60. The van der Waals surface area contributed by atoms with E-state index in [0.29, 0.717) is 18.1 Å². The molecule has 0 fully saturated rings. The number of rotatable bonds is 6. The number of nitrogens with zero attached hydrogens (tertiary/aromatic N) is 2. The summed E-state index contributed by atoms with van der Waals surface area (Å²) in [6.45, 7) is 0.907. The molecule has 1 aliphatic rings. The summed E-state index contributed by atoms with van der Waals surface area (Å²) in [6.07, 6.45) is 6.91. The number of halogens is 1. The number of nitrogens with one attached hydrogen (secondary N) is 1. The number of hydrogen-bond acceptors (Lipinski definition) is 4. The van der Waals surface area contributed by atoms with Crippen LogP contribution in [0.1, 0.15) is 35.3 Å². The van der Waals surface area contributed by atoms with E-state index >= 15 is 0 Å². The Morgan fingerprint density at radius 2 is 2.00 bits per heavy atom. The van der Waals surface area contributed by atoms with Crippen LogP contribution in [-0.2, 0) is 30.6 Å². The van der Waals surface area contributed by atoms with E-state index in [1.165, 1.54) is 16.9 Å². The molecule has 2 aromatic heterocycles. The predicted molar refractivity (Wildman–Crippen MR) is 113 cm³/mol. The van der Waals surface area contributed by atoms with Crippen molar-refractivity contribution in [2.75, 3.05) is 6.54 Å². The van der Waals surface area contributed by atoms with Crippen molar-refractivity contribution >= 4 is 39.1 Å². The van der Waals surface area contributed by atoms with Crippen molar-refractivity contribution in [3.8, 4) is 0 Å². The third-order valence-electron chi connectivity index (χ3n) is 5.17. The fourth-order valence-electron chi connectivity index (χ4n) is 3.65. The SMILES string of the molecule is O=C(CCn1cnc2sc3c(c2c1=O)CCCC3)NCCc1ccc(Cl)cc1. The first-order valence-electron chi connectivity index (χ1n) is 9.62. The normalized spacial score (nSPS) is 13.5. The third-order valence-corrected chi connectivity index (χ3v) is 6.62. The summed E-state index contributed by atoms with van der Waals surface area (Å²) >= 11 is 7.52. The lowest BCUT2D eigenvalue weighted by Crippen LogP contribution is -2.29. The minimum Gasteiger partial charge on any atom is -0.356 e. The fraction of sp³-hybridized carbons (Fsp3) is 0.381. The van der Waals surface area contributed by atoms with Gasteiger partial charge in [0.05, 0.1) is 11.7 Å². The molecule has 28 heavy (non-hydrogen) atoms. The van der Waals surface area contributed by atoms with Crippen LogP contribution in [0.2, 0.25) is 5.02 Å². The molecule has 0 saturated heterocycles. The van der Waals surface area contributed by atoms with Crippen LogP contribution in [0.15, 0.2) is 35.4 Å². The highest BCUT2D eigenvalue weighted by Gasteiger charge is 2.20. The van der Waals surface area contributed by atoms with E-state index < -0.39 is 0 Å². The van der Waals surface area contributed by atoms with Crippen LogP contribution in [0.3, 0.4) is 0 Å². The van der Waals surface area contributed by atoms with Crippen molar-refractivity contribution in [1.82, 2.24) is 14.9 Å². The number of benzene rings is 1. The largest absolute Gasteiger partial charge is 0.356 e. The highest BCUT2D eigenvalue weighted by molar-refractivity contribution is 7.18. The summed E-state index contributed by atoms with van der Waals surface area (Å²) < 4.78 is 1.57. The number of aromatic nitrogens is 2. The Morgan fingerprint density at radius 3 is 2.82 bits per heavy atom. The molecule has 1 aliphatic carbocycles. The van der Waals surface area contributed by atoms with Crippen LogP contribution >= 0.6 is 22.9 Å². The molecule has 0 radical (unpaired) electrons. The van der Waals surface area contributed by atoms with E-state index in [1.807, 2.05) is 24.3 Å². The highest BCUT2D eigenvalue weighted by atomic mass is 35.5. The first-order valence-corrected chi connectivity index (χ1v) is 10.8. The first-order chi connectivity index (χ1) is 13.6. The van der Waals surface area contributed by atoms with Gasteiger partial charge in [0.15, 0.2) is 0 Å². The monoisotopic (exact) mass is 415 g/mol. The molecular weight excluding hydrogens is 394 g/mol. The molecule has 0 bridgehead atoms. The first kappa shape index (κ1) is 19.2. The summed E-state index contributed by atoms with van der Waals surface area (Å²) in [4.78, 5) is 31.7. The lowest BCUT2D eigenvalue weighted by atomic mass is 9.97. The topological polar surface area (TPSA) is 64.0 Å². The van der Waals surface area contributed by atoms with E-state index in [9.17, 15) is 9.59 Å². The Labute approximate surface area is 172 Å². The minimum absolute atomic E-state index is 0.0154. The van der Waals surface area contributed by atoms with Gasteiger partial charge in [0.2, 0.25) is 5.91 Å². The Morgan fingerprint density at radius 1 is 1.21 bits per heavy atom. The molecule has 146 valence electrons. The van der Waals surface area contributed by atoms with Crippen molar-refractivity contribution in [2.24, 2.45) is 0 Å². The summed E-state index contributed by atoms with van der Waals surface area (Å²) in [5.41, 5.74) is 2.29. The molecule has 0 spiro atoms. The van der Waals surface area contributed by atoms with Gasteiger partial charge in [-0.1, -0.05) is 23.7 Å². The van der Waals surface area contributed by atoms with Crippen LogP contribution in [0.5, 0.6) is 0 Å². The molecule has 0 aliphatic heterocycles. The van der Waals surface area contributed by atoms with E-state index in [2.05, 4.69) is 10.3 Å². The van der Waals surface area contributed by atoms with Crippen LogP contribution in [0, 0.1) is 0 Å². The zero-order valence-electron chi connectivity index (χ0n) is 15.5. The number of hydrogen-bond donors (Lipinski definition) is 1. The second kappa shape index (κ2) is 8.45. The Bertz CT molecular complexity index is 1060. The van der Waals surface area contributed by atoms with Gasteiger partial charge in [-0.2, -0.15) is 0 Å². The molecule has 1 amide bonds. The van der Waals surface area contributed by atoms with Crippen molar-refractivity contribution in [3.63, 3.8) is 0 Å².